The Labute approximate surface area is 246 Å². The van der Waals surface area contributed by atoms with Gasteiger partial charge in [-0.2, -0.15) is 0 Å². The molecule has 0 aliphatic rings. The first kappa shape index (κ1) is 38.9. The lowest BCUT2D eigenvalue weighted by Crippen LogP contribution is -2.48. The minimum atomic E-state index is -1.31. The maximum atomic E-state index is 12.7. The summed E-state index contributed by atoms with van der Waals surface area (Å²) >= 11 is 0. The molecule has 0 aromatic carbocycles. The van der Waals surface area contributed by atoms with Gasteiger partial charge in [0, 0.05) is 24.9 Å². The summed E-state index contributed by atoms with van der Waals surface area (Å²) in [5.41, 5.74) is -2.33. The van der Waals surface area contributed by atoms with Crippen LogP contribution in [0.5, 0.6) is 0 Å². The van der Waals surface area contributed by atoms with Gasteiger partial charge in [0.05, 0.1) is 45.1 Å². The summed E-state index contributed by atoms with van der Waals surface area (Å²) in [5, 5.41) is 26.4. The van der Waals surface area contributed by atoms with Gasteiger partial charge in [-0.1, -0.05) is 13.8 Å². The number of ether oxygens (including phenoxy) is 4. The van der Waals surface area contributed by atoms with Crippen molar-refractivity contribution in [1.29, 1.82) is 0 Å². The standard InChI is InChI=1S/C27H47N3O12/c1-19(31)16-41-14-12-40-11-9-29-22(33)17-42-15-13-39-10-8-28-21(32)7-6-20(23(34)35)30-24(36)26(2,3)18-27(4,5)25(37)38/h20H,6-18H2,1-5H3,(H,28,32)(H,29,33)(H,30,36)(H,34,35)(H,37,38)/t20-/m1/s1. The van der Waals surface area contributed by atoms with E-state index in [4.69, 9.17) is 18.9 Å². The number of nitrogens with one attached hydrogen (secondary N) is 3. The highest BCUT2D eigenvalue weighted by Gasteiger charge is 2.40. The third-order valence-corrected chi connectivity index (χ3v) is 5.76. The third kappa shape index (κ3) is 19.1. The molecule has 15 nitrogen and oxygen atoms in total. The summed E-state index contributed by atoms with van der Waals surface area (Å²) in [4.78, 5) is 70.1. The highest BCUT2D eigenvalue weighted by molar-refractivity contribution is 5.88. The van der Waals surface area contributed by atoms with E-state index in [0.717, 1.165) is 0 Å². The number of hydrogen-bond acceptors (Lipinski definition) is 10. The Hall–Kier alpha value is -3.14. The lowest BCUT2D eigenvalue weighted by molar-refractivity contribution is -0.151. The van der Waals surface area contributed by atoms with E-state index in [1.165, 1.54) is 34.6 Å². The minimum absolute atomic E-state index is 0.0103. The van der Waals surface area contributed by atoms with E-state index >= 15 is 0 Å². The van der Waals surface area contributed by atoms with Crippen LogP contribution in [0.2, 0.25) is 0 Å². The lowest BCUT2D eigenvalue weighted by Gasteiger charge is -2.32. The average molecular weight is 606 g/mol. The van der Waals surface area contributed by atoms with E-state index in [0.29, 0.717) is 26.4 Å². The second-order valence-corrected chi connectivity index (χ2v) is 10.9. The number of carboxylic acids is 2. The van der Waals surface area contributed by atoms with Crippen LogP contribution in [0.3, 0.4) is 0 Å². The molecule has 0 aromatic heterocycles. The monoisotopic (exact) mass is 605 g/mol. The molecule has 0 bridgehead atoms. The molecule has 0 rings (SSSR count). The second-order valence-electron chi connectivity index (χ2n) is 10.9. The van der Waals surface area contributed by atoms with Gasteiger partial charge in [-0.05, 0) is 33.6 Å². The number of carbonyl (C=O) groups is 6. The van der Waals surface area contributed by atoms with Gasteiger partial charge in [0.2, 0.25) is 17.7 Å². The summed E-state index contributed by atoms with van der Waals surface area (Å²) in [6.07, 6.45) is -0.317. The second kappa shape index (κ2) is 20.7. The smallest absolute Gasteiger partial charge is 0.326 e. The van der Waals surface area contributed by atoms with Gasteiger partial charge in [-0.15, -0.1) is 0 Å². The number of rotatable bonds is 25. The van der Waals surface area contributed by atoms with Crippen molar-refractivity contribution in [3.8, 4) is 0 Å². The fourth-order valence-electron chi connectivity index (χ4n) is 3.63. The zero-order valence-electron chi connectivity index (χ0n) is 25.2. The van der Waals surface area contributed by atoms with Crippen LogP contribution in [-0.4, -0.2) is 118 Å². The van der Waals surface area contributed by atoms with Crippen LogP contribution in [0.1, 0.15) is 53.9 Å². The Kier molecular flexibility index (Phi) is 19.1. The molecule has 0 saturated carbocycles. The largest absolute Gasteiger partial charge is 0.481 e. The topological polar surface area (TPSA) is 216 Å². The van der Waals surface area contributed by atoms with Crippen LogP contribution in [0.15, 0.2) is 0 Å². The first-order valence-corrected chi connectivity index (χ1v) is 13.7. The van der Waals surface area contributed by atoms with E-state index in [-0.39, 0.29) is 70.5 Å². The number of ketones is 1. The van der Waals surface area contributed by atoms with Crippen LogP contribution in [-0.2, 0) is 47.7 Å². The molecule has 3 amide bonds. The van der Waals surface area contributed by atoms with Crippen molar-refractivity contribution < 1.29 is 57.9 Å². The molecule has 0 aliphatic heterocycles. The number of carboxylic acid groups (broad SMARTS) is 2. The first-order chi connectivity index (χ1) is 19.6. The Morgan fingerprint density at radius 1 is 0.690 bits per heavy atom. The van der Waals surface area contributed by atoms with Gasteiger partial charge >= 0.3 is 11.9 Å². The zero-order valence-corrected chi connectivity index (χ0v) is 25.2. The molecular formula is C27H47N3O12. The van der Waals surface area contributed by atoms with Gasteiger partial charge in [0.25, 0.3) is 0 Å². The summed E-state index contributed by atoms with van der Waals surface area (Å²) in [7, 11) is 0. The molecule has 0 fully saturated rings. The van der Waals surface area contributed by atoms with Crippen molar-refractivity contribution in [3.63, 3.8) is 0 Å². The van der Waals surface area contributed by atoms with Crippen LogP contribution in [0.25, 0.3) is 0 Å². The molecule has 0 radical (unpaired) electrons. The Morgan fingerprint density at radius 3 is 1.69 bits per heavy atom. The van der Waals surface area contributed by atoms with Crippen LogP contribution < -0.4 is 16.0 Å². The fraction of sp³-hybridized carbons (Fsp3) is 0.778. The Balaban J connectivity index is 4.00. The molecule has 0 aromatic rings. The maximum absolute atomic E-state index is 12.7. The number of carbonyl (C=O) groups excluding carboxylic acids is 4. The van der Waals surface area contributed by atoms with Crippen molar-refractivity contribution in [2.24, 2.45) is 10.8 Å². The summed E-state index contributed by atoms with van der Waals surface area (Å²) in [5.74, 6) is -3.80. The molecular weight excluding hydrogens is 558 g/mol. The highest BCUT2D eigenvalue weighted by atomic mass is 16.5. The molecule has 0 heterocycles. The van der Waals surface area contributed by atoms with Gasteiger partial charge < -0.3 is 45.1 Å². The molecule has 0 unspecified atom stereocenters. The third-order valence-electron chi connectivity index (χ3n) is 5.76. The number of amides is 3. The molecule has 0 spiro atoms. The first-order valence-electron chi connectivity index (χ1n) is 13.7. The number of hydrogen-bond donors (Lipinski definition) is 5. The van der Waals surface area contributed by atoms with Gasteiger partial charge in [0.1, 0.15) is 19.3 Å². The van der Waals surface area contributed by atoms with Crippen molar-refractivity contribution in [2.45, 2.75) is 59.9 Å². The predicted molar refractivity (Wildman–Crippen MR) is 149 cm³/mol. The van der Waals surface area contributed by atoms with E-state index in [1.807, 2.05) is 0 Å². The predicted octanol–water partition coefficient (Wildman–Crippen LogP) is -0.249. The quantitative estimate of drug-likeness (QED) is 0.0852. The minimum Gasteiger partial charge on any atom is -0.481 e. The average Bonchev–Trinajstić information content (AvgIpc) is 2.88. The molecule has 1 atom stereocenters. The number of aliphatic carboxylic acids is 2. The molecule has 15 heteroatoms. The Bertz CT molecular complexity index is 892. The maximum Gasteiger partial charge on any atom is 0.326 e. The molecule has 242 valence electrons. The summed E-state index contributed by atoms with van der Waals surface area (Å²) < 4.78 is 20.8. The van der Waals surface area contributed by atoms with E-state index in [2.05, 4.69) is 16.0 Å². The van der Waals surface area contributed by atoms with E-state index < -0.39 is 40.6 Å². The van der Waals surface area contributed by atoms with Gasteiger partial charge in [0.15, 0.2) is 5.78 Å². The lowest BCUT2D eigenvalue weighted by atomic mass is 9.74. The van der Waals surface area contributed by atoms with Gasteiger partial charge in [-0.25, -0.2) is 4.79 Å². The summed E-state index contributed by atoms with van der Waals surface area (Å²) in [6.45, 7) is 9.25. The normalized spacial score (nSPS) is 12.3. The molecule has 0 saturated heterocycles. The zero-order chi connectivity index (χ0) is 32.2. The van der Waals surface area contributed by atoms with Crippen molar-refractivity contribution in [3.05, 3.63) is 0 Å². The van der Waals surface area contributed by atoms with Gasteiger partial charge in [-0.3, -0.25) is 24.0 Å². The van der Waals surface area contributed by atoms with Crippen LogP contribution in [0.4, 0.5) is 0 Å². The van der Waals surface area contributed by atoms with Crippen LogP contribution >= 0.6 is 0 Å². The summed E-state index contributed by atoms with van der Waals surface area (Å²) in [6, 6.07) is -1.31. The van der Waals surface area contributed by atoms with Crippen molar-refractivity contribution in [1.82, 2.24) is 16.0 Å². The van der Waals surface area contributed by atoms with Crippen molar-refractivity contribution >= 4 is 35.4 Å². The van der Waals surface area contributed by atoms with E-state index in [1.54, 1.807) is 0 Å². The van der Waals surface area contributed by atoms with Crippen molar-refractivity contribution in [2.75, 3.05) is 65.9 Å². The number of Topliss-reactive ketones (excluding diaryl/α,β-unsaturated/α-hetero) is 1. The molecule has 5 N–H and O–H groups in total. The molecule has 42 heavy (non-hydrogen) atoms. The fourth-order valence-corrected chi connectivity index (χ4v) is 3.63. The van der Waals surface area contributed by atoms with Crippen LogP contribution in [0, 0.1) is 10.8 Å². The van der Waals surface area contributed by atoms with E-state index in [9.17, 15) is 39.0 Å². The Morgan fingerprint density at radius 2 is 1.19 bits per heavy atom. The highest BCUT2D eigenvalue weighted by Crippen LogP contribution is 2.34. The SMILES string of the molecule is CC(=O)COCCOCCNC(=O)COCCOCCNC(=O)CC[C@@H](NC(=O)C(C)(C)CC(C)(C)C(=O)O)C(=O)O. The molecule has 0 aliphatic carbocycles.